The number of aliphatic imine (C=N–C) groups is 1. The molecule has 0 bridgehead atoms. The van der Waals surface area contributed by atoms with E-state index in [1.807, 2.05) is 25.1 Å². The molecule has 0 saturated heterocycles. The van der Waals surface area contributed by atoms with Crippen LogP contribution in [0, 0.1) is 0 Å². The van der Waals surface area contributed by atoms with Crippen LogP contribution >= 0.6 is 24.0 Å². The number of hydrogen-bond donors (Lipinski definition) is 3. The average Bonchev–Trinajstić information content (AvgIpc) is 2.95. The topological polar surface area (TPSA) is 74.8 Å². The van der Waals surface area contributed by atoms with Gasteiger partial charge in [-0.3, -0.25) is 9.79 Å². The van der Waals surface area contributed by atoms with Crippen LogP contribution in [0.5, 0.6) is 5.75 Å². The maximum absolute atomic E-state index is 11.6. The van der Waals surface area contributed by atoms with E-state index in [0.717, 1.165) is 18.6 Å². The molecular weight excluding hydrogens is 407 g/mol. The number of nitrogens with zero attached hydrogens (tertiary/aromatic N) is 1. The second kappa shape index (κ2) is 10.3. The summed E-state index contributed by atoms with van der Waals surface area (Å²) in [6, 6.07) is 8.07. The molecule has 1 heterocycles. The molecule has 23 heavy (non-hydrogen) atoms. The smallest absolute Gasteiger partial charge is 0.239 e. The highest BCUT2D eigenvalue weighted by Crippen LogP contribution is 2.27. The molecule has 6 nitrogen and oxygen atoms in total. The van der Waals surface area contributed by atoms with Crippen molar-refractivity contribution in [2.75, 3.05) is 26.7 Å². The van der Waals surface area contributed by atoms with Gasteiger partial charge in [0, 0.05) is 20.0 Å². The van der Waals surface area contributed by atoms with Crippen molar-refractivity contribution in [3.63, 3.8) is 0 Å². The Labute approximate surface area is 154 Å². The van der Waals surface area contributed by atoms with Gasteiger partial charge >= 0.3 is 0 Å². The van der Waals surface area contributed by atoms with E-state index < -0.39 is 0 Å². The van der Waals surface area contributed by atoms with E-state index in [4.69, 9.17) is 4.74 Å². The van der Waals surface area contributed by atoms with Gasteiger partial charge < -0.3 is 20.7 Å². The number of para-hydroxylation sites is 1. The molecule has 1 amide bonds. The third-order valence-electron chi connectivity index (χ3n) is 3.42. The van der Waals surface area contributed by atoms with E-state index in [9.17, 15) is 4.79 Å². The number of fused-ring (bicyclic) bond motifs is 1. The molecule has 1 aliphatic heterocycles. The predicted molar refractivity (Wildman–Crippen MR) is 103 cm³/mol. The standard InChI is InChI=1S/C16H24N4O2.HI/c1-3-8-18-15(21)11-20-16(17-2)19-10-13-9-12-6-4-5-7-14(12)22-13;/h4-7,13H,3,8-11H2,1-2H3,(H,18,21)(H2,17,19,20);1H. The largest absolute Gasteiger partial charge is 0.488 e. The maximum atomic E-state index is 11.6. The summed E-state index contributed by atoms with van der Waals surface area (Å²) in [5.74, 6) is 1.52. The van der Waals surface area contributed by atoms with Crippen LogP contribution in [0.2, 0.25) is 0 Å². The van der Waals surface area contributed by atoms with Crippen LogP contribution in [0.3, 0.4) is 0 Å². The van der Waals surface area contributed by atoms with Crippen molar-refractivity contribution < 1.29 is 9.53 Å². The van der Waals surface area contributed by atoms with Crippen LogP contribution in [0.15, 0.2) is 29.3 Å². The number of nitrogens with one attached hydrogen (secondary N) is 3. The molecule has 0 radical (unpaired) electrons. The summed E-state index contributed by atoms with van der Waals surface area (Å²) in [4.78, 5) is 15.7. The van der Waals surface area contributed by atoms with E-state index in [1.165, 1.54) is 5.56 Å². The lowest BCUT2D eigenvalue weighted by Crippen LogP contribution is -2.45. The summed E-state index contributed by atoms with van der Waals surface area (Å²) in [6.45, 7) is 3.57. The Morgan fingerprint density at radius 2 is 2.09 bits per heavy atom. The Morgan fingerprint density at radius 3 is 2.78 bits per heavy atom. The van der Waals surface area contributed by atoms with Crippen LogP contribution < -0.4 is 20.7 Å². The van der Waals surface area contributed by atoms with E-state index >= 15 is 0 Å². The van der Waals surface area contributed by atoms with Gasteiger partial charge in [-0.2, -0.15) is 0 Å². The Morgan fingerprint density at radius 1 is 1.30 bits per heavy atom. The van der Waals surface area contributed by atoms with Gasteiger partial charge in [0.2, 0.25) is 5.91 Å². The van der Waals surface area contributed by atoms with Gasteiger partial charge in [-0.05, 0) is 18.1 Å². The fraction of sp³-hybridized carbons (Fsp3) is 0.500. The van der Waals surface area contributed by atoms with Gasteiger partial charge in [0.25, 0.3) is 0 Å². The van der Waals surface area contributed by atoms with Gasteiger partial charge in [0.1, 0.15) is 11.9 Å². The number of carbonyl (C=O) groups is 1. The number of halogens is 1. The Kier molecular flexibility index (Phi) is 8.75. The molecule has 3 N–H and O–H groups in total. The van der Waals surface area contributed by atoms with E-state index in [2.05, 4.69) is 27.0 Å². The fourth-order valence-corrected chi connectivity index (χ4v) is 2.29. The van der Waals surface area contributed by atoms with Gasteiger partial charge in [-0.15, -0.1) is 24.0 Å². The molecule has 1 aliphatic rings. The molecule has 2 rings (SSSR count). The Hall–Kier alpha value is -1.51. The molecule has 1 aromatic rings. The summed E-state index contributed by atoms with van der Waals surface area (Å²) in [5, 5.41) is 9.00. The minimum absolute atomic E-state index is 0. The first-order chi connectivity index (χ1) is 10.7. The zero-order valence-corrected chi connectivity index (χ0v) is 15.9. The minimum Gasteiger partial charge on any atom is -0.488 e. The van der Waals surface area contributed by atoms with E-state index in [1.54, 1.807) is 7.05 Å². The summed E-state index contributed by atoms with van der Waals surface area (Å²) in [6.07, 6.45) is 1.90. The lowest BCUT2D eigenvalue weighted by atomic mass is 10.1. The number of hydrogen-bond acceptors (Lipinski definition) is 3. The van der Waals surface area contributed by atoms with Crippen molar-refractivity contribution in [3.05, 3.63) is 29.8 Å². The predicted octanol–water partition coefficient (Wildman–Crippen LogP) is 1.30. The van der Waals surface area contributed by atoms with E-state index in [0.29, 0.717) is 19.0 Å². The molecule has 7 heteroatoms. The zero-order valence-electron chi connectivity index (χ0n) is 13.6. The summed E-state index contributed by atoms with van der Waals surface area (Å²) in [7, 11) is 1.68. The molecule has 0 saturated carbocycles. The highest BCUT2D eigenvalue weighted by atomic mass is 127. The van der Waals surface area contributed by atoms with Crippen LogP contribution in [0.4, 0.5) is 0 Å². The first-order valence-electron chi connectivity index (χ1n) is 7.68. The summed E-state index contributed by atoms with van der Waals surface area (Å²) >= 11 is 0. The number of amides is 1. The second-order valence-corrected chi connectivity index (χ2v) is 5.21. The van der Waals surface area contributed by atoms with Crippen LogP contribution in [-0.2, 0) is 11.2 Å². The summed E-state index contributed by atoms with van der Waals surface area (Å²) in [5.41, 5.74) is 1.23. The monoisotopic (exact) mass is 432 g/mol. The lowest BCUT2D eigenvalue weighted by molar-refractivity contribution is -0.120. The lowest BCUT2D eigenvalue weighted by Gasteiger charge is -2.15. The number of guanidine groups is 1. The number of carbonyl (C=O) groups excluding carboxylic acids is 1. The van der Waals surface area contributed by atoms with Gasteiger partial charge in [0.05, 0.1) is 13.1 Å². The highest BCUT2D eigenvalue weighted by Gasteiger charge is 2.22. The van der Waals surface area contributed by atoms with Crippen LogP contribution in [-0.4, -0.2) is 44.7 Å². The van der Waals surface area contributed by atoms with Crippen LogP contribution in [0.25, 0.3) is 0 Å². The van der Waals surface area contributed by atoms with E-state index in [-0.39, 0.29) is 42.5 Å². The molecule has 0 fully saturated rings. The normalized spacial score (nSPS) is 15.9. The average molecular weight is 432 g/mol. The number of rotatable bonds is 6. The molecular formula is C16H25IN4O2. The molecule has 128 valence electrons. The third kappa shape index (κ3) is 6.25. The Bertz CT molecular complexity index is 512. The van der Waals surface area contributed by atoms with Crippen molar-refractivity contribution in [1.82, 2.24) is 16.0 Å². The number of ether oxygens (including phenoxy) is 1. The van der Waals surface area contributed by atoms with Crippen molar-refractivity contribution in [2.24, 2.45) is 4.99 Å². The van der Waals surface area contributed by atoms with Crippen molar-refractivity contribution in [2.45, 2.75) is 25.9 Å². The first-order valence-corrected chi connectivity index (χ1v) is 7.68. The molecule has 0 aromatic heterocycles. The molecule has 1 atom stereocenters. The van der Waals surface area contributed by atoms with Crippen molar-refractivity contribution >= 4 is 35.8 Å². The third-order valence-corrected chi connectivity index (χ3v) is 3.42. The maximum Gasteiger partial charge on any atom is 0.239 e. The fourth-order valence-electron chi connectivity index (χ4n) is 2.29. The molecule has 0 aliphatic carbocycles. The van der Waals surface area contributed by atoms with Crippen molar-refractivity contribution in [3.8, 4) is 5.75 Å². The molecule has 1 unspecified atom stereocenters. The quantitative estimate of drug-likeness (QED) is 0.360. The van der Waals surface area contributed by atoms with Gasteiger partial charge in [-0.1, -0.05) is 25.1 Å². The van der Waals surface area contributed by atoms with Crippen LogP contribution in [0.1, 0.15) is 18.9 Å². The van der Waals surface area contributed by atoms with Crippen molar-refractivity contribution in [1.29, 1.82) is 0 Å². The van der Waals surface area contributed by atoms with Gasteiger partial charge in [-0.25, -0.2) is 0 Å². The second-order valence-electron chi connectivity index (χ2n) is 5.21. The highest BCUT2D eigenvalue weighted by molar-refractivity contribution is 14.0. The Balaban J connectivity index is 0.00000264. The summed E-state index contributed by atoms with van der Waals surface area (Å²) < 4.78 is 5.86. The zero-order chi connectivity index (χ0) is 15.8. The molecule has 1 aromatic carbocycles. The number of benzene rings is 1. The SMILES string of the molecule is CCCNC(=O)CNC(=NC)NCC1Cc2ccccc2O1.I. The molecule has 0 spiro atoms. The van der Waals surface area contributed by atoms with Gasteiger partial charge in [0.15, 0.2) is 5.96 Å². The minimum atomic E-state index is -0.0330. The first kappa shape index (κ1) is 19.5.